The molecule has 10 heteroatoms. The van der Waals surface area contributed by atoms with Crippen LogP contribution in [-0.4, -0.2) is 28.3 Å². The van der Waals surface area contributed by atoms with Gasteiger partial charge in [0, 0.05) is 12.2 Å². The summed E-state index contributed by atoms with van der Waals surface area (Å²) < 4.78 is 28.7. The van der Waals surface area contributed by atoms with Gasteiger partial charge < -0.3 is 21.7 Å². The van der Waals surface area contributed by atoms with Crippen LogP contribution in [0, 0.1) is 11.6 Å². The molecule has 0 spiro atoms. The molecule has 5 N–H and O–H groups in total. The second-order valence-corrected chi connectivity index (χ2v) is 7.76. The Balaban J connectivity index is 1.71. The molecule has 1 aliphatic rings. The third-order valence-electron chi connectivity index (χ3n) is 5.37. The Hall–Kier alpha value is -3.92. The summed E-state index contributed by atoms with van der Waals surface area (Å²) >= 11 is 0. The first-order chi connectivity index (χ1) is 15.7. The Kier molecular flexibility index (Phi) is 5.77. The third-order valence-corrected chi connectivity index (χ3v) is 5.37. The maximum atomic E-state index is 14.3. The number of carbonyl (C=O) groups excluding carboxylic acids is 2. The lowest BCUT2D eigenvalue weighted by Crippen LogP contribution is -2.48. The lowest BCUT2D eigenvalue weighted by molar-refractivity contribution is -0.126. The Morgan fingerprint density at radius 3 is 2.42 bits per heavy atom. The molecular formula is C23H22F2N6O2. The molecule has 0 aliphatic carbocycles. The molecule has 1 unspecified atom stereocenters. The van der Waals surface area contributed by atoms with Crippen LogP contribution >= 0.6 is 0 Å². The van der Waals surface area contributed by atoms with Crippen LogP contribution in [0.25, 0.3) is 11.4 Å². The van der Waals surface area contributed by atoms with Crippen LogP contribution < -0.4 is 21.7 Å². The van der Waals surface area contributed by atoms with Crippen LogP contribution in [0.5, 0.6) is 0 Å². The highest BCUT2D eigenvalue weighted by atomic mass is 19.1. The number of aromatic nitrogens is 2. The molecule has 0 radical (unpaired) electrons. The van der Waals surface area contributed by atoms with E-state index < -0.39 is 23.1 Å². The standard InChI is InChI=1S/C23H22F2N6O2/c1-3-27-22(33)23(2,26)12-7-9-13(10-8-12)29-20-18-16(11-28-21(18)32)30-19(31-20)17-14(24)5-4-6-15(17)25/h4-10H,3,11,26H2,1-2H3,(H,27,33)(H,28,32)(H,29,30,31). The summed E-state index contributed by atoms with van der Waals surface area (Å²) in [5.41, 5.74) is 6.23. The fraction of sp³-hybridized carbons (Fsp3) is 0.217. The number of benzene rings is 2. The van der Waals surface area contributed by atoms with Crippen molar-refractivity contribution in [2.45, 2.75) is 25.9 Å². The van der Waals surface area contributed by atoms with Crippen molar-refractivity contribution in [3.63, 3.8) is 0 Å². The Morgan fingerprint density at radius 2 is 1.79 bits per heavy atom. The van der Waals surface area contributed by atoms with E-state index in [0.29, 0.717) is 23.5 Å². The average molecular weight is 452 g/mol. The molecule has 2 amide bonds. The van der Waals surface area contributed by atoms with Gasteiger partial charge in [-0.2, -0.15) is 0 Å². The number of rotatable bonds is 6. The molecule has 0 saturated carbocycles. The van der Waals surface area contributed by atoms with Crippen LogP contribution in [0.15, 0.2) is 42.5 Å². The fourth-order valence-electron chi connectivity index (χ4n) is 3.55. The summed E-state index contributed by atoms with van der Waals surface area (Å²) in [6.45, 7) is 3.98. The smallest absolute Gasteiger partial charge is 0.257 e. The van der Waals surface area contributed by atoms with Crippen LogP contribution in [0.1, 0.15) is 35.5 Å². The zero-order valence-electron chi connectivity index (χ0n) is 18.0. The molecule has 0 fully saturated rings. The third kappa shape index (κ3) is 4.12. The van der Waals surface area contributed by atoms with Gasteiger partial charge in [-0.05, 0) is 43.7 Å². The minimum absolute atomic E-state index is 0.111. The molecule has 0 saturated heterocycles. The van der Waals surface area contributed by atoms with Crippen molar-refractivity contribution in [2.24, 2.45) is 5.73 Å². The van der Waals surface area contributed by atoms with E-state index in [-0.39, 0.29) is 35.2 Å². The summed E-state index contributed by atoms with van der Waals surface area (Å²) in [6, 6.07) is 10.2. The van der Waals surface area contributed by atoms with Crippen molar-refractivity contribution in [3.8, 4) is 11.4 Å². The SMILES string of the molecule is CCNC(=O)C(C)(N)c1ccc(Nc2nc(-c3c(F)cccc3F)nc3c2C(=O)NC3)cc1. The number of halogens is 2. The number of hydrogen-bond acceptors (Lipinski definition) is 6. The summed E-state index contributed by atoms with van der Waals surface area (Å²) in [6.07, 6.45) is 0. The van der Waals surface area contributed by atoms with E-state index in [1.54, 1.807) is 38.1 Å². The van der Waals surface area contributed by atoms with Gasteiger partial charge in [-0.15, -0.1) is 0 Å². The molecule has 1 aliphatic heterocycles. The van der Waals surface area contributed by atoms with Crippen molar-refractivity contribution in [3.05, 3.63) is 70.9 Å². The second kappa shape index (κ2) is 8.55. The van der Waals surface area contributed by atoms with Gasteiger partial charge in [-0.3, -0.25) is 9.59 Å². The number of carbonyl (C=O) groups is 2. The number of amides is 2. The minimum atomic E-state index is -1.24. The highest BCUT2D eigenvalue weighted by molar-refractivity contribution is 6.03. The topological polar surface area (TPSA) is 122 Å². The number of nitrogens with zero attached hydrogens (tertiary/aromatic N) is 2. The Morgan fingerprint density at radius 1 is 1.12 bits per heavy atom. The second-order valence-electron chi connectivity index (χ2n) is 7.76. The fourth-order valence-corrected chi connectivity index (χ4v) is 3.55. The van der Waals surface area contributed by atoms with E-state index in [9.17, 15) is 18.4 Å². The number of fused-ring (bicyclic) bond motifs is 1. The van der Waals surface area contributed by atoms with Gasteiger partial charge in [0.2, 0.25) is 5.91 Å². The minimum Gasteiger partial charge on any atom is -0.354 e. The molecule has 170 valence electrons. The van der Waals surface area contributed by atoms with Gasteiger partial charge in [0.05, 0.1) is 17.8 Å². The van der Waals surface area contributed by atoms with Crippen molar-refractivity contribution >= 4 is 23.3 Å². The van der Waals surface area contributed by atoms with Crippen molar-refractivity contribution < 1.29 is 18.4 Å². The summed E-state index contributed by atoms with van der Waals surface area (Å²) in [4.78, 5) is 33.1. The van der Waals surface area contributed by atoms with E-state index in [0.717, 1.165) is 12.1 Å². The first-order valence-corrected chi connectivity index (χ1v) is 10.3. The van der Waals surface area contributed by atoms with E-state index in [1.807, 2.05) is 0 Å². The van der Waals surface area contributed by atoms with Crippen molar-refractivity contribution in [1.82, 2.24) is 20.6 Å². The van der Waals surface area contributed by atoms with Crippen molar-refractivity contribution in [1.29, 1.82) is 0 Å². The number of anilines is 2. The van der Waals surface area contributed by atoms with Gasteiger partial charge in [-0.1, -0.05) is 18.2 Å². The summed E-state index contributed by atoms with van der Waals surface area (Å²) in [5, 5.41) is 8.36. The zero-order valence-corrected chi connectivity index (χ0v) is 18.0. The maximum Gasteiger partial charge on any atom is 0.257 e. The maximum absolute atomic E-state index is 14.3. The summed E-state index contributed by atoms with van der Waals surface area (Å²) in [7, 11) is 0. The first-order valence-electron chi connectivity index (χ1n) is 10.3. The zero-order chi connectivity index (χ0) is 23.8. The first kappa shape index (κ1) is 22.3. The Bertz CT molecular complexity index is 1220. The van der Waals surface area contributed by atoms with E-state index in [2.05, 4.69) is 25.9 Å². The van der Waals surface area contributed by atoms with E-state index >= 15 is 0 Å². The van der Waals surface area contributed by atoms with Gasteiger partial charge in [-0.25, -0.2) is 18.7 Å². The molecule has 2 heterocycles. The van der Waals surface area contributed by atoms with Gasteiger partial charge in [0.1, 0.15) is 28.6 Å². The molecule has 8 nitrogen and oxygen atoms in total. The van der Waals surface area contributed by atoms with Crippen LogP contribution in [0.3, 0.4) is 0 Å². The van der Waals surface area contributed by atoms with Crippen molar-refractivity contribution in [2.75, 3.05) is 11.9 Å². The van der Waals surface area contributed by atoms with Crippen LogP contribution in [0.2, 0.25) is 0 Å². The monoisotopic (exact) mass is 452 g/mol. The van der Waals surface area contributed by atoms with Gasteiger partial charge in [0.25, 0.3) is 5.91 Å². The normalized spacial score (nSPS) is 14.3. The molecule has 3 aromatic rings. The highest BCUT2D eigenvalue weighted by Crippen LogP contribution is 2.31. The quantitative estimate of drug-likeness (QED) is 0.456. The lowest BCUT2D eigenvalue weighted by atomic mass is 9.92. The molecule has 2 aromatic carbocycles. The molecular weight excluding hydrogens is 430 g/mol. The van der Waals surface area contributed by atoms with Crippen LogP contribution in [0.4, 0.5) is 20.3 Å². The number of nitrogens with one attached hydrogen (secondary N) is 3. The number of hydrogen-bond donors (Lipinski definition) is 4. The van der Waals surface area contributed by atoms with Crippen LogP contribution in [-0.2, 0) is 16.9 Å². The highest BCUT2D eigenvalue weighted by Gasteiger charge is 2.31. The van der Waals surface area contributed by atoms with E-state index in [1.165, 1.54) is 6.07 Å². The molecule has 33 heavy (non-hydrogen) atoms. The largest absolute Gasteiger partial charge is 0.354 e. The molecule has 1 aromatic heterocycles. The number of likely N-dealkylation sites (N-methyl/N-ethyl adjacent to an activating group) is 1. The predicted octanol–water partition coefficient (Wildman–Crippen LogP) is 2.72. The van der Waals surface area contributed by atoms with E-state index in [4.69, 9.17) is 5.73 Å². The molecule has 1 atom stereocenters. The lowest BCUT2D eigenvalue weighted by Gasteiger charge is -2.24. The van der Waals surface area contributed by atoms with Gasteiger partial charge >= 0.3 is 0 Å². The summed E-state index contributed by atoms with van der Waals surface area (Å²) in [5.74, 6) is -2.39. The molecule has 4 rings (SSSR count). The number of nitrogens with two attached hydrogens (primary N) is 1. The molecule has 0 bridgehead atoms. The average Bonchev–Trinajstić information content (AvgIpc) is 3.15. The predicted molar refractivity (Wildman–Crippen MR) is 119 cm³/mol. The Labute approximate surface area is 188 Å². The van der Waals surface area contributed by atoms with Gasteiger partial charge in [0.15, 0.2) is 5.82 Å².